The second-order valence-corrected chi connectivity index (χ2v) is 13.4. The molecule has 0 amide bonds. The van der Waals surface area contributed by atoms with Crippen LogP contribution in [-0.4, -0.2) is 15.0 Å². The minimum Gasteiger partial charge on any atom is -0.208 e. The highest BCUT2D eigenvalue weighted by Crippen LogP contribution is 2.47. The molecule has 3 nitrogen and oxygen atoms in total. The predicted molar refractivity (Wildman–Crippen MR) is 207 cm³/mol. The minimum absolute atomic E-state index is 0.653. The first kappa shape index (κ1) is 27.8. The van der Waals surface area contributed by atoms with Gasteiger partial charge in [-0.15, -0.1) is 11.3 Å². The molecule has 0 fully saturated rings. The number of fused-ring (bicyclic) bond motifs is 9. The number of rotatable bonds is 4. The summed E-state index contributed by atoms with van der Waals surface area (Å²) in [5, 5.41) is 9.85. The van der Waals surface area contributed by atoms with E-state index in [-0.39, 0.29) is 0 Å². The van der Waals surface area contributed by atoms with Gasteiger partial charge in [-0.1, -0.05) is 158 Å². The minimum atomic E-state index is 0.653. The molecule has 0 atom stereocenters. The van der Waals surface area contributed by atoms with Crippen molar-refractivity contribution in [1.29, 1.82) is 0 Å². The number of nitrogens with zero attached hydrogens (tertiary/aromatic N) is 3. The Morgan fingerprint density at radius 1 is 0.327 bits per heavy atom. The van der Waals surface area contributed by atoms with Crippen LogP contribution in [0, 0.1) is 0 Å². The van der Waals surface area contributed by atoms with E-state index in [0.717, 1.165) is 22.3 Å². The lowest BCUT2D eigenvalue weighted by Crippen LogP contribution is -2.00. The topological polar surface area (TPSA) is 38.7 Å². The maximum atomic E-state index is 5.25. The maximum Gasteiger partial charge on any atom is 0.164 e. The molecule has 10 rings (SSSR count). The molecule has 0 saturated carbocycles. The average molecular weight is 642 g/mol. The summed E-state index contributed by atoms with van der Waals surface area (Å²) in [4.78, 5) is 15.5. The van der Waals surface area contributed by atoms with Crippen LogP contribution in [-0.2, 0) is 0 Å². The summed E-state index contributed by atoms with van der Waals surface area (Å²) in [5.41, 5.74) is 5.25. The number of benzene rings is 8. The molecule has 0 unspecified atom stereocenters. The van der Waals surface area contributed by atoms with Crippen LogP contribution in [0.1, 0.15) is 0 Å². The highest BCUT2D eigenvalue weighted by Gasteiger charge is 2.21. The second-order valence-electron chi connectivity index (χ2n) is 12.4. The molecule has 0 N–H and O–H groups in total. The normalized spacial score (nSPS) is 11.7. The van der Waals surface area contributed by atoms with E-state index < -0.39 is 0 Å². The predicted octanol–water partition coefficient (Wildman–Crippen LogP) is 12.4. The SMILES string of the molecule is c1ccc(-c2ccc(-c3nc(-c4ccccc4)nc(-c4cc5ccc6ccccc6c5c5sc6c7ccccc7ccc6c45)n3)cc2)cc1. The zero-order chi connectivity index (χ0) is 32.3. The third-order valence-electron chi connectivity index (χ3n) is 9.50. The Labute approximate surface area is 286 Å². The second kappa shape index (κ2) is 11.2. The summed E-state index contributed by atoms with van der Waals surface area (Å²) in [6.07, 6.45) is 0. The van der Waals surface area contributed by atoms with Crippen LogP contribution in [0.5, 0.6) is 0 Å². The lowest BCUT2D eigenvalue weighted by atomic mass is 9.95. The molecule has 2 aromatic heterocycles. The standard InChI is InChI=1S/C45H27N3S/c1-3-11-28(12-4-1)29-19-22-33(23-20-29)44-46-43(32-15-5-2-6-16-32)47-45(48-44)38-27-34-24-21-30-13-7-9-17-35(30)39(34)42-40(38)37-26-25-31-14-8-10-18-36(31)41(37)49-42/h1-27H. The lowest BCUT2D eigenvalue weighted by Gasteiger charge is -2.12. The first-order chi connectivity index (χ1) is 24.3. The van der Waals surface area contributed by atoms with Gasteiger partial charge in [0.25, 0.3) is 0 Å². The van der Waals surface area contributed by atoms with Crippen molar-refractivity contribution in [3.05, 3.63) is 164 Å². The molecule has 0 aliphatic carbocycles. The summed E-state index contributed by atoms with van der Waals surface area (Å²) >= 11 is 1.87. The average Bonchev–Trinajstić information content (AvgIpc) is 3.58. The van der Waals surface area contributed by atoms with Gasteiger partial charge in [-0.25, -0.2) is 15.0 Å². The molecule has 0 spiro atoms. The van der Waals surface area contributed by atoms with Crippen LogP contribution in [0.15, 0.2) is 164 Å². The summed E-state index contributed by atoms with van der Waals surface area (Å²) in [6.45, 7) is 0. The van der Waals surface area contributed by atoms with E-state index in [9.17, 15) is 0 Å². The molecular weight excluding hydrogens is 615 g/mol. The molecule has 0 saturated heterocycles. The van der Waals surface area contributed by atoms with Gasteiger partial charge in [-0.2, -0.15) is 0 Å². The molecule has 0 aliphatic heterocycles. The Balaban J connectivity index is 1.28. The van der Waals surface area contributed by atoms with Gasteiger partial charge in [-0.3, -0.25) is 0 Å². The van der Waals surface area contributed by atoms with Gasteiger partial charge in [0.1, 0.15) is 0 Å². The monoisotopic (exact) mass is 641 g/mol. The molecule has 10 aromatic rings. The van der Waals surface area contributed by atoms with Crippen molar-refractivity contribution < 1.29 is 0 Å². The summed E-state index contributed by atoms with van der Waals surface area (Å²) < 4.78 is 2.54. The Morgan fingerprint density at radius 3 is 1.57 bits per heavy atom. The number of hydrogen-bond acceptors (Lipinski definition) is 4. The Bertz CT molecular complexity index is 2860. The van der Waals surface area contributed by atoms with Crippen molar-refractivity contribution in [2.45, 2.75) is 0 Å². The van der Waals surface area contributed by atoms with Crippen molar-refractivity contribution in [3.63, 3.8) is 0 Å². The lowest BCUT2D eigenvalue weighted by molar-refractivity contribution is 1.08. The van der Waals surface area contributed by atoms with Gasteiger partial charge < -0.3 is 0 Å². The molecule has 8 aromatic carbocycles. The Morgan fingerprint density at radius 2 is 0.837 bits per heavy atom. The van der Waals surface area contributed by atoms with E-state index in [4.69, 9.17) is 15.0 Å². The highest BCUT2D eigenvalue weighted by molar-refractivity contribution is 7.27. The third-order valence-corrected chi connectivity index (χ3v) is 10.8. The fraction of sp³-hybridized carbons (Fsp3) is 0. The summed E-state index contributed by atoms with van der Waals surface area (Å²) in [6, 6.07) is 57.8. The number of aromatic nitrogens is 3. The molecule has 0 radical (unpaired) electrons. The maximum absolute atomic E-state index is 5.25. The largest absolute Gasteiger partial charge is 0.208 e. The molecule has 2 heterocycles. The van der Waals surface area contributed by atoms with Gasteiger partial charge in [-0.05, 0) is 44.1 Å². The molecule has 0 bridgehead atoms. The van der Waals surface area contributed by atoms with Crippen molar-refractivity contribution in [3.8, 4) is 45.3 Å². The third kappa shape index (κ3) is 4.61. The van der Waals surface area contributed by atoms with Crippen LogP contribution >= 0.6 is 11.3 Å². The molecule has 228 valence electrons. The van der Waals surface area contributed by atoms with Gasteiger partial charge in [0.05, 0.1) is 0 Å². The van der Waals surface area contributed by atoms with Crippen LogP contribution in [0.2, 0.25) is 0 Å². The molecule has 4 heteroatoms. The fourth-order valence-electron chi connectivity index (χ4n) is 7.12. The van der Waals surface area contributed by atoms with E-state index in [0.29, 0.717) is 17.5 Å². The van der Waals surface area contributed by atoms with E-state index >= 15 is 0 Å². The van der Waals surface area contributed by atoms with Crippen LogP contribution in [0.3, 0.4) is 0 Å². The zero-order valence-corrected chi connectivity index (χ0v) is 27.2. The van der Waals surface area contributed by atoms with E-state index in [1.54, 1.807) is 0 Å². The first-order valence-corrected chi connectivity index (χ1v) is 17.3. The van der Waals surface area contributed by atoms with Gasteiger partial charge >= 0.3 is 0 Å². The van der Waals surface area contributed by atoms with E-state index in [1.807, 2.05) is 35.6 Å². The first-order valence-electron chi connectivity index (χ1n) is 16.4. The van der Waals surface area contributed by atoms with Gasteiger partial charge in [0.15, 0.2) is 17.5 Å². The van der Waals surface area contributed by atoms with Crippen LogP contribution in [0.4, 0.5) is 0 Å². The van der Waals surface area contributed by atoms with Gasteiger partial charge in [0, 0.05) is 42.2 Å². The van der Waals surface area contributed by atoms with E-state index in [1.165, 1.54) is 58.1 Å². The van der Waals surface area contributed by atoms with Crippen molar-refractivity contribution in [2.24, 2.45) is 0 Å². The van der Waals surface area contributed by atoms with Crippen molar-refractivity contribution >= 4 is 63.8 Å². The van der Waals surface area contributed by atoms with Gasteiger partial charge in [0.2, 0.25) is 0 Å². The van der Waals surface area contributed by atoms with Crippen LogP contribution < -0.4 is 0 Å². The quantitative estimate of drug-likeness (QED) is 0.180. The van der Waals surface area contributed by atoms with E-state index in [2.05, 4.69) is 140 Å². The Kier molecular flexibility index (Phi) is 6.36. The molecule has 0 aliphatic rings. The molecular formula is C45H27N3S. The van der Waals surface area contributed by atoms with Crippen molar-refractivity contribution in [2.75, 3.05) is 0 Å². The smallest absolute Gasteiger partial charge is 0.164 e. The van der Waals surface area contributed by atoms with Crippen molar-refractivity contribution in [1.82, 2.24) is 15.0 Å². The summed E-state index contributed by atoms with van der Waals surface area (Å²) in [5.74, 6) is 1.98. The Hall–Kier alpha value is -6.23. The zero-order valence-electron chi connectivity index (χ0n) is 26.3. The number of hydrogen-bond donors (Lipinski definition) is 0. The molecule has 49 heavy (non-hydrogen) atoms. The summed E-state index contributed by atoms with van der Waals surface area (Å²) in [7, 11) is 0. The number of thiophene rings is 1. The fourth-order valence-corrected chi connectivity index (χ4v) is 8.55. The highest BCUT2D eigenvalue weighted by atomic mass is 32.1. The van der Waals surface area contributed by atoms with Crippen LogP contribution in [0.25, 0.3) is 97.8 Å².